The van der Waals surface area contributed by atoms with Crippen LogP contribution in [0.25, 0.3) is 12.2 Å². The van der Waals surface area contributed by atoms with Crippen molar-refractivity contribution in [3.05, 3.63) is 324 Å². The molecule has 0 bridgehead atoms. The van der Waals surface area contributed by atoms with Gasteiger partial charge in [-0.1, -0.05) is 352 Å². The van der Waals surface area contributed by atoms with Gasteiger partial charge in [-0.3, -0.25) is 4.79 Å². The summed E-state index contributed by atoms with van der Waals surface area (Å²) >= 11 is 0. The second-order valence-electron chi connectivity index (χ2n) is 35.3. The molecule has 9 rings (SSSR count). The SMILES string of the molecule is C/C=C\CCc1cccc(CC(=O)[O-])c1.CCC/C=C/c1cccc(CC(=O)[O-])c1.CCCC/C=C/c1cccc(CC(=O)[O-])c1.CCCCCc1cc(CC(C)=O)ccc1O.CCCCCc1cc(CCC(=O)[O-])ccc1F.CCCCCc1cc(O)cc(CC(=O)[O-])c1.CCCCCc1ccc(O)c(CC(=O)[O-])c1.CCCCCc1cccc(CC(=O)[O-])c1.CCCCCc1cccc(CCC(=O)[O-])c1.[Na+].[Na+].[Na+].[Na+].[Na+].[Na+].[Na+].[Na+]. The van der Waals surface area contributed by atoms with Gasteiger partial charge in [0, 0.05) is 92.7 Å². The Kier molecular flexibility index (Phi) is 111. The summed E-state index contributed by atoms with van der Waals surface area (Å²) in [4.78, 5) is 94.4. The van der Waals surface area contributed by atoms with Crippen molar-refractivity contribution in [1.82, 2.24) is 0 Å². The molecule has 150 heavy (non-hydrogen) atoms. The van der Waals surface area contributed by atoms with E-state index in [9.17, 15) is 104 Å². The summed E-state index contributed by atoms with van der Waals surface area (Å²) in [5.41, 5.74) is 16.7. The van der Waals surface area contributed by atoms with E-state index in [1.54, 1.807) is 55.5 Å². The monoisotopic (exact) mass is 2130 g/mol. The van der Waals surface area contributed by atoms with Gasteiger partial charge >= 0.3 is 236 Å². The molecule has 0 unspecified atom stereocenters. The summed E-state index contributed by atoms with van der Waals surface area (Å²) in [6.45, 7) is 20.8. The van der Waals surface area contributed by atoms with Gasteiger partial charge in [0.25, 0.3) is 0 Å². The van der Waals surface area contributed by atoms with E-state index in [2.05, 4.69) is 91.8 Å². The molecule has 0 atom stereocenters. The van der Waals surface area contributed by atoms with Gasteiger partial charge in [-0.05, 0) is 273 Å². The van der Waals surface area contributed by atoms with Crippen LogP contribution in [0.5, 0.6) is 17.2 Å². The summed E-state index contributed by atoms with van der Waals surface area (Å²) in [5.74, 6) is -7.97. The Labute approximate surface area is 1070 Å². The minimum atomic E-state index is -1.17. The number of aliphatic carboxylic acids is 8. The zero-order valence-electron chi connectivity index (χ0n) is 93.8. The molecule has 0 saturated carbocycles. The van der Waals surface area contributed by atoms with Crippen molar-refractivity contribution in [1.29, 1.82) is 0 Å². The van der Waals surface area contributed by atoms with E-state index < -0.39 is 47.8 Å². The fraction of sp³-hybridized carbons (Fsp3) is 0.430. The van der Waals surface area contributed by atoms with Crippen molar-refractivity contribution in [2.24, 2.45) is 0 Å². The van der Waals surface area contributed by atoms with Crippen molar-refractivity contribution in [3.8, 4) is 17.2 Å². The zero-order valence-corrected chi connectivity index (χ0v) is 110. The molecule has 3 N–H and O–H groups in total. The van der Waals surface area contributed by atoms with Crippen molar-refractivity contribution in [3.63, 3.8) is 0 Å². The number of carboxylic acid groups (broad SMARTS) is 8. The molecule has 29 heteroatoms. The van der Waals surface area contributed by atoms with Crippen LogP contribution in [-0.4, -0.2) is 68.9 Å². The van der Waals surface area contributed by atoms with Gasteiger partial charge < -0.3 is 94.5 Å². The zero-order chi connectivity index (χ0) is 105. The molecular weight excluding hydrogens is 1980 g/mol. The van der Waals surface area contributed by atoms with Crippen molar-refractivity contribution in [2.45, 2.75) is 339 Å². The molecule has 0 amide bonds. The number of aromatic hydroxyl groups is 3. The molecule has 0 heterocycles. The molecule has 0 aliphatic carbocycles. The topological polar surface area (TPSA) is 399 Å². The minimum absolute atomic E-state index is 0. The van der Waals surface area contributed by atoms with Crippen molar-refractivity contribution in [2.75, 3.05) is 0 Å². The smallest absolute Gasteiger partial charge is 0.550 e. The van der Waals surface area contributed by atoms with Gasteiger partial charge in [0.2, 0.25) is 0 Å². The molecule has 0 aliphatic rings. The average molecular weight is 2130 g/mol. The Morgan fingerprint density at radius 1 is 0.253 bits per heavy atom. The van der Waals surface area contributed by atoms with Crippen LogP contribution in [0, 0.1) is 5.82 Å². The van der Waals surface area contributed by atoms with Crippen LogP contribution in [0.15, 0.2) is 218 Å². The van der Waals surface area contributed by atoms with Gasteiger partial charge in [-0.2, -0.15) is 0 Å². The molecule has 9 aromatic carbocycles. The molecule has 0 aromatic heterocycles. The minimum Gasteiger partial charge on any atom is -0.550 e. The summed E-state index contributed by atoms with van der Waals surface area (Å²) in [5, 5.41) is 112. The Hall–Kier alpha value is -5.04. The first kappa shape index (κ1) is 160. The first-order valence-corrected chi connectivity index (χ1v) is 50.8. The number of phenolic OH excluding ortho intramolecular Hbond substituents is 3. The number of Topliss-reactive ketones (excluding diaryl/α,β-unsaturated/α-hetero) is 1. The standard InChI is InChI=1S/C14H19FO2.2C14H20O2.C14H18O2.2C13H18O3.C13H18O2.2C13H16O2.8Na/c1-2-3-4-5-12-10-11(6-8-13(12)15)7-9-14(16)17;1-3-4-5-6-13-10-12(9-11(2)15)7-8-14(13)16;1-2-3-4-6-12-7-5-8-13(11-12)9-10-14(15)16;1-2-3-4-5-7-12-8-6-9-13(10-12)11-14(15)16;1-2-3-4-5-10-6-11(9-13(15)16)8-12(14)7-10;1-2-3-4-5-10-6-7-12(14)11(8-10)9-13(15)16;3*1-2-3-4-6-11-7-5-8-12(9-11)10-13(14)15;;;;;;;;/h6,8,10H,2-5,7,9H2,1H3,(H,16,17);7-8,10,16H,3-6,9H2,1-2H3;5,7-8,11H,2-4,6,9-10H2,1H3,(H,15,16);5-10H,2-4,11H2,1H3,(H,15,16);2*6-8,14H,2-5,9H2,1H3,(H,15,16);5,7-9H,2-4,6,10H2,1H3,(H,14,15);4-9H,2-3,10H2,1H3,(H,14,15);2-3,5,7-9H,4,6,10H2,1H3,(H,14,15);;;;;;;;/q;;;;;;;;;8*+1/p-8/b;;;7-5+;;;;6-4+;3-2-;;;;;;;;. The Morgan fingerprint density at radius 3 is 0.940 bits per heavy atom. The van der Waals surface area contributed by atoms with Crippen LogP contribution < -0.4 is 277 Å². The number of hydrogen-bond donors (Lipinski definition) is 3. The van der Waals surface area contributed by atoms with Gasteiger partial charge in [0.1, 0.15) is 28.8 Å². The van der Waals surface area contributed by atoms with E-state index in [1.807, 2.05) is 140 Å². The van der Waals surface area contributed by atoms with E-state index >= 15 is 0 Å². The van der Waals surface area contributed by atoms with Crippen LogP contribution in [-0.2, 0) is 146 Å². The van der Waals surface area contributed by atoms with E-state index in [4.69, 9.17) is 0 Å². The van der Waals surface area contributed by atoms with E-state index in [-0.39, 0.29) is 311 Å². The van der Waals surface area contributed by atoms with E-state index in [1.165, 1.54) is 93.0 Å². The number of halogens is 1. The quantitative estimate of drug-likeness (QED) is 0.0181. The first-order chi connectivity index (χ1) is 68.1. The van der Waals surface area contributed by atoms with Gasteiger partial charge in [-0.15, -0.1) is 0 Å². The van der Waals surface area contributed by atoms with Crippen LogP contribution in [0.2, 0.25) is 0 Å². The number of benzene rings is 9. The number of unbranched alkanes of at least 4 members (excludes halogenated alkanes) is 15. The van der Waals surface area contributed by atoms with E-state index in [0.29, 0.717) is 41.7 Å². The van der Waals surface area contributed by atoms with Gasteiger partial charge in [-0.25, -0.2) is 4.39 Å². The molecule has 0 fully saturated rings. The van der Waals surface area contributed by atoms with E-state index in [0.717, 1.165) is 202 Å². The second kappa shape index (κ2) is 104. The number of aryl methyl sites for hydroxylation is 9. The Morgan fingerprint density at radius 2 is 0.547 bits per heavy atom. The summed E-state index contributed by atoms with van der Waals surface area (Å²) in [7, 11) is 0. The predicted octanol–water partition coefficient (Wildman–Crippen LogP) is -6.36. The van der Waals surface area contributed by atoms with Crippen molar-refractivity contribution < 1.29 is 340 Å². The van der Waals surface area contributed by atoms with Crippen LogP contribution in [0.1, 0.15) is 336 Å². The number of carbonyl (C=O) groups is 9. The van der Waals surface area contributed by atoms with Crippen LogP contribution in [0.3, 0.4) is 0 Å². The van der Waals surface area contributed by atoms with Gasteiger partial charge in [0.15, 0.2) is 0 Å². The third-order valence-electron chi connectivity index (χ3n) is 22.1. The molecule has 774 valence electrons. The number of hydrogen-bond acceptors (Lipinski definition) is 20. The second-order valence-corrected chi connectivity index (χ2v) is 35.3. The molecular formula is C121H155FNa8O20. The number of rotatable bonds is 54. The number of carboxylic acids is 8. The number of carbonyl (C=O) groups excluding carboxylic acids is 9. The molecule has 0 radical (unpaired) electrons. The Balaban J connectivity index is -0.000000250. The maximum absolute atomic E-state index is 13.5. The number of allylic oxidation sites excluding steroid dienone is 4. The fourth-order valence-corrected chi connectivity index (χ4v) is 14.8. The first-order valence-electron chi connectivity index (χ1n) is 50.8. The number of phenols is 3. The van der Waals surface area contributed by atoms with Crippen molar-refractivity contribution >= 4 is 65.7 Å². The van der Waals surface area contributed by atoms with Crippen LogP contribution >= 0.6 is 0 Å². The molecule has 0 aliphatic heterocycles. The largest absolute Gasteiger partial charge is 1.00 e. The third kappa shape index (κ3) is 89.0. The molecule has 0 saturated heterocycles. The maximum atomic E-state index is 13.5. The molecule has 9 aromatic rings. The molecule has 0 spiro atoms. The average Bonchev–Trinajstić information content (AvgIpc) is 0.789. The summed E-state index contributed by atoms with van der Waals surface area (Å²) in [6, 6.07) is 59.1. The number of ketones is 1. The normalized spacial score (nSPS) is 9.91. The van der Waals surface area contributed by atoms with Crippen LogP contribution in [0.4, 0.5) is 4.39 Å². The Bertz CT molecular complexity index is 5240. The van der Waals surface area contributed by atoms with Gasteiger partial charge in [0.05, 0.1) is 0 Å². The molecule has 20 nitrogen and oxygen atoms in total. The summed E-state index contributed by atoms with van der Waals surface area (Å²) < 4.78 is 13.5. The maximum Gasteiger partial charge on any atom is 1.00 e. The summed E-state index contributed by atoms with van der Waals surface area (Å²) in [6.07, 6.45) is 47.3. The predicted molar refractivity (Wildman–Crippen MR) is 551 cm³/mol. The third-order valence-corrected chi connectivity index (χ3v) is 22.1. The fourth-order valence-electron chi connectivity index (χ4n) is 14.8.